The maximum absolute atomic E-state index is 5.38. The van der Waals surface area contributed by atoms with E-state index in [0.717, 1.165) is 19.6 Å². The Bertz CT molecular complexity index is 114. The van der Waals surface area contributed by atoms with Gasteiger partial charge in [0.25, 0.3) is 0 Å². The molecule has 1 N–H and O–H groups in total. The molecule has 66 valence electrons. The zero-order chi connectivity index (χ0) is 8.32. The van der Waals surface area contributed by atoms with Gasteiger partial charge in [0.2, 0.25) is 0 Å². The zero-order valence-corrected chi connectivity index (χ0v) is 7.52. The molecule has 0 aromatic carbocycles. The number of ether oxygens (including phenoxy) is 1. The lowest BCUT2D eigenvalue weighted by atomic mass is 10.2. The summed E-state index contributed by atoms with van der Waals surface area (Å²) in [7, 11) is 0. The van der Waals surface area contributed by atoms with E-state index in [2.05, 4.69) is 5.48 Å². The Morgan fingerprint density at radius 2 is 2.18 bits per heavy atom. The van der Waals surface area contributed by atoms with E-state index in [1.165, 1.54) is 0 Å². The van der Waals surface area contributed by atoms with Crippen molar-refractivity contribution in [1.29, 1.82) is 0 Å². The summed E-state index contributed by atoms with van der Waals surface area (Å²) in [4.78, 5) is 5.38. The van der Waals surface area contributed by atoms with Gasteiger partial charge in [-0.25, -0.2) is 0 Å². The van der Waals surface area contributed by atoms with Gasteiger partial charge >= 0.3 is 0 Å². The first-order valence-electron chi connectivity index (χ1n) is 4.09. The predicted molar refractivity (Wildman–Crippen MR) is 43.2 cm³/mol. The normalized spacial score (nSPS) is 25.9. The molecular weight excluding hydrogens is 142 g/mol. The molecule has 1 aliphatic heterocycles. The molecule has 0 aromatic heterocycles. The highest BCUT2D eigenvalue weighted by molar-refractivity contribution is 4.68. The Hall–Kier alpha value is -0.120. The molecule has 1 rings (SSSR count). The van der Waals surface area contributed by atoms with E-state index in [9.17, 15) is 0 Å². The van der Waals surface area contributed by atoms with Gasteiger partial charge in [0.15, 0.2) is 0 Å². The van der Waals surface area contributed by atoms with Gasteiger partial charge in [0.1, 0.15) is 0 Å². The van der Waals surface area contributed by atoms with Gasteiger partial charge in [-0.05, 0) is 27.2 Å². The van der Waals surface area contributed by atoms with Crippen LogP contribution in [0.25, 0.3) is 0 Å². The summed E-state index contributed by atoms with van der Waals surface area (Å²) in [5, 5.41) is 0. The summed E-state index contributed by atoms with van der Waals surface area (Å²) in [5.74, 6) is 0. The third-order valence-electron chi connectivity index (χ3n) is 1.46. The molecule has 1 saturated heterocycles. The molecule has 3 heteroatoms. The van der Waals surface area contributed by atoms with E-state index < -0.39 is 0 Å². The summed E-state index contributed by atoms with van der Waals surface area (Å²) in [5.41, 5.74) is 2.89. The predicted octanol–water partition coefficient (Wildman–Crippen LogP) is 1.09. The lowest BCUT2D eigenvalue weighted by molar-refractivity contribution is -0.0883. The van der Waals surface area contributed by atoms with E-state index in [1.807, 2.05) is 20.8 Å². The van der Waals surface area contributed by atoms with Crippen LogP contribution in [0.5, 0.6) is 0 Å². The third-order valence-corrected chi connectivity index (χ3v) is 1.46. The van der Waals surface area contributed by atoms with Crippen molar-refractivity contribution in [3.8, 4) is 0 Å². The molecule has 1 heterocycles. The Balaban J connectivity index is 2.11. The summed E-state index contributed by atoms with van der Waals surface area (Å²) in [6, 6.07) is 0.384. The minimum Gasteiger partial charge on any atom is -0.380 e. The molecule has 11 heavy (non-hydrogen) atoms. The second kappa shape index (κ2) is 3.52. The van der Waals surface area contributed by atoms with Gasteiger partial charge < -0.3 is 4.74 Å². The number of rotatable bonds is 2. The van der Waals surface area contributed by atoms with Gasteiger partial charge in [-0.15, -0.1) is 0 Å². The van der Waals surface area contributed by atoms with Crippen LogP contribution in [0.4, 0.5) is 0 Å². The van der Waals surface area contributed by atoms with Gasteiger partial charge in [-0.3, -0.25) is 4.84 Å². The van der Waals surface area contributed by atoms with Crippen LogP contribution in [0.15, 0.2) is 0 Å². The summed E-state index contributed by atoms with van der Waals surface area (Å²) < 4.78 is 5.18. The van der Waals surface area contributed by atoms with Gasteiger partial charge in [0, 0.05) is 6.61 Å². The number of nitrogens with one attached hydrogen (secondary N) is 1. The Morgan fingerprint density at radius 1 is 1.45 bits per heavy atom. The molecule has 0 aromatic rings. The lowest BCUT2D eigenvalue weighted by Gasteiger charge is -2.21. The fourth-order valence-electron chi connectivity index (χ4n) is 0.888. The highest BCUT2D eigenvalue weighted by atomic mass is 16.7. The topological polar surface area (TPSA) is 30.5 Å². The first-order valence-corrected chi connectivity index (χ1v) is 4.09. The van der Waals surface area contributed by atoms with Crippen molar-refractivity contribution in [2.45, 2.75) is 38.8 Å². The average molecular weight is 159 g/mol. The summed E-state index contributed by atoms with van der Waals surface area (Å²) >= 11 is 0. The van der Waals surface area contributed by atoms with Crippen molar-refractivity contribution in [3.05, 3.63) is 0 Å². The number of hydrogen-bond acceptors (Lipinski definition) is 3. The van der Waals surface area contributed by atoms with E-state index in [-0.39, 0.29) is 5.60 Å². The van der Waals surface area contributed by atoms with Crippen LogP contribution in [-0.2, 0) is 9.57 Å². The largest absolute Gasteiger partial charge is 0.380 e. The Kier molecular flexibility index (Phi) is 2.87. The minimum atomic E-state index is -0.109. The van der Waals surface area contributed by atoms with Crippen LogP contribution in [0.1, 0.15) is 27.2 Å². The van der Waals surface area contributed by atoms with E-state index in [1.54, 1.807) is 0 Å². The maximum atomic E-state index is 5.38. The fourth-order valence-corrected chi connectivity index (χ4v) is 0.888. The standard InChI is InChI=1S/C8H17NO2/c1-8(2,3)11-9-7-4-5-10-6-7/h7,9H,4-6H2,1-3H3. The van der Waals surface area contributed by atoms with Crippen LogP contribution in [0.3, 0.4) is 0 Å². The third kappa shape index (κ3) is 3.70. The molecule has 0 saturated carbocycles. The molecule has 1 unspecified atom stereocenters. The average Bonchev–Trinajstić information content (AvgIpc) is 2.32. The molecular formula is C8H17NO2. The van der Waals surface area contributed by atoms with Crippen molar-refractivity contribution in [2.75, 3.05) is 13.2 Å². The first-order chi connectivity index (χ1) is 5.08. The monoisotopic (exact) mass is 159 g/mol. The molecule has 3 nitrogen and oxygen atoms in total. The van der Waals surface area contributed by atoms with Crippen LogP contribution in [0.2, 0.25) is 0 Å². The summed E-state index contributed by atoms with van der Waals surface area (Å²) in [6.07, 6.45) is 1.05. The van der Waals surface area contributed by atoms with Crippen LogP contribution in [-0.4, -0.2) is 24.9 Å². The van der Waals surface area contributed by atoms with E-state index in [4.69, 9.17) is 9.57 Å². The van der Waals surface area contributed by atoms with Crippen molar-refractivity contribution < 1.29 is 9.57 Å². The second-order valence-electron chi connectivity index (χ2n) is 3.89. The Morgan fingerprint density at radius 3 is 2.64 bits per heavy atom. The number of hydrogen-bond donors (Lipinski definition) is 1. The van der Waals surface area contributed by atoms with E-state index in [0.29, 0.717) is 6.04 Å². The minimum absolute atomic E-state index is 0.109. The van der Waals surface area contributed by atoms with Gasteiger partial charge in [-0.2, -0.15) is 5.48 Å². The van der Waals surface area contributed by atoms with Crippen molar-refractivity contribution in [3.63, 3.8) is 0 Å². The lowest BCUT2D eigenvalue weighted by Crippen LogP contribution is -2.36. The molecule has 1 atom stereocenters. The zero-order valence-electron chi connectivity index (χ0n) is 7.52. The molecule has 1 aliphatic rings. The molecule has 0 amide bonds. The highest BCUT2D eigenvalue weighted by Crippen LogP contribution is 2.08. The van der Waals surface area contributed by atoms with Crippen molar-refractivity contribution in [2.24, 2.45) is 0 Å². The fraction of sp³-hybridized carbons (Fsp3) is 1.00. The SMILES string of the molecule is CC(C)(C)ONC1CCOC1. The van der Waals surface area contributed by atoms with E-state index >= 15 is 0 Å². The van der Waals surface area contributed by atoms with Crippen LogP contribution < -0.4 is 5.48 Å². The quantitative estimate of drug-likeness (QED) is 0.612. The first kappa shape index (κ1) is 8.97. The maximum Gasteiger partial charge on any atom is 0.0813 e. The molecule has 0 bridgehead atoms. The second-order valence-corrected chi connectivity index (χ2v) is 3.89. The Labute approximate surface area is 68.0 Å². The van der Waals surface area contributed by atoms with Gasteiger partial charge in [0.05, 0.1) is 18.2 Å². The van der Waals surface area contributed by atoms with Crippen LogP contribution >= 0.6 is 0 Å². The smallest absolute Gasteiger partial charge is 0.0813 e. The highest BCUT2D eigenvalue weighted by Gasteiger charge is 2.18. The van der Waals surface area contributed by atoms with Crippen LogP contribution in [0, 0.1) is 0 Å². The van der Waals surface area contributed by atoms with Gasteiger partial charge in [-0.1, -0.05) is 0 Å². The number of hydroxylamine groups is 1. The van der Waals surface area contributed by atoms with Crippen molar-refractivity contribution in [1.82, 2.24) is 5.48 Å². The molecule has 0 spiro atoms. The summed E-state index contributed by atoms with van der Waals surface area (Å²) in [6.45, 7) is 7.70. The van der Waals surface area contributed by atoms with Crippen molar-refractivity contribution >= 4 is 0 Å². The molecule has 1 fully saturated rings. The molecule has 0 aliphatic carbocycles. The molecule has 0 radical (unpaired) electrons.